The van der Waals surface area contributed by atoms with Crippen molar-refractivity contribution in [1.82, 2.24) is 0 Å². The number of nitriles is 1. The van der Waals surface area contributed by atoms with Gasteiger partial charge in [-0.25, -0.2) is 0 Å². The lowest BCUT2D eigenvalue weighted by atomic mass is 9.98. The number of nitro groups is 1. The molecule has 3 aromatic rings. The minimum atomic E-state index is -0.453. The second-order valence-electron chi connectivity index (χ2n) is 4.97. The first-order valence-electron chi connectivity index (χ1n) is 6.84. The minimum Gasteiger partial charge on any atom is -0.389 e. The predicted molar refractivity (Wildman–Crippen MR) is 96.0 cm³/mol. The third kappa shape index (κ3) is 2.83. The molecule has 0 amide bonds. The van der Waals surface area contributed by atoms with Crippen LogP contribution in [-0.2, 0) is 0 Å². The maximum Gasteiger partial charge on any atom is 0.269 e. The van der Waals surface area contributed by atoms with E-state index in [4.69, 9.17) is 17.3 Å². The molecule has 0 aliphatic heterocycles. The zero-order valence-electron chi connectivity index (χ0n) is 12.2. The molecule has 0 atom stereocenters. The third-order valence-electron chi connectivity index (χ3n) is 3.50. The highest BCUT2D eigenvalue weighted by molar-refractivity contribution is 7.20. The standard InChI is InChI=1S/C17H10ClN3O2S/c18-12-3-1-2-11(8-12)15-14(9-19)17(20)24-16(15)10-4-6-13(7-5-10)21(22)23/h1-8H,20H2. The number of nitrogen functional groups attached to an aromatic ring is 1. The van der Waals surface area contributed by atoms with E-state index in [9.17, 15) is 15.4 Å². The molecular weight excluding hydrogens is 346 g/mol. The first-order valence-corrected chi connectivity index (χ1v) is 8.04. The van der Waals surface area contributed by atoms with Crippen molar-refractivity contribution in [3.05, 3.63) is 69.2 Å². The normalized spacial score (nSPS) is 10.3. The predicted octanol–water partition coefficient (Wildman–Crippen LogP) is 5.10. The van der Waals surface area contributed by atoms with Crippen molar-refractivity contribution in [1.29, 1.82) is 5.26 Å². The molecule has 0 radical (unpaired) electrons. The Labute approximate surface area is 146 Å². The summed E-state index contributed by atoms with van der Waals surface area (Å²) in [7, 11) is 0. The van der Waals surface area contributed by atoms with Gasteiger partial charge in [0.2, 0.25) is 0 Å². The summed E-state index contributed by atoms with van der Waals surface area (Å²) in [6.45, 7) is 0. The average Bonchev–Trinajstić information content (AvgIpc) is 2.91. The molecule has 0 aliphatic rings. The van der Waals surface area contributed by atoms with Crippen LogP contribution in [0.5, 0.6) is 0 Å². The molecule has 2 aromatic carbocycles. The molecule has 7 heteroatoms. The van der Waals surface area contributed by atoms with Crippen molar-refractivity contribution in [3.63, 3.8) is 0 Å². The van der Waals surface area contributed by atoms with Gasteiger partial charge in [-0.1, -0.05) is 23.7 Å². The van der Waals surface area contributed by atoms with Crippen LogP contribution in [0.15, 0.2) is 48.5 Å². The van der Waals surface area contributed by atoms with E-state index in [2.05, 4.69) is 6.07 Å². The molecule has 5 nitrogen and oxygen atoms in total. The first-order chi connectivity index (χ1) is 11.5. The Bertz CT molecular complexity index is 974. The quantitative estimate of drug-likeness (QED) is 0.522. The second-order valence-corrected chi connectivity index (χ2v) is 6.46. The van der Waals surface area contributed by atoms with Gasteiger partial charge in [-0.05, 0) is 35.4 Å². The van der Waals surface area contributed by atoms with Crippen LogP contribution in [-0.4, -0.2) is 4.92 Å². The highest BCUT2D eigenvalue weighted by atomic mass is 35.5. The molecule has 0 bridgehead atoms. The van der Waals surface area contributed by atoms with E-state index in [1.54, 1.807) is 30.3 Å². The van der Waals surface area contributed by atoms with Crippen LogP contribution in [0.25, 0.3) is 21.6 Å². The van der Waals surface area contributed by atoms with Gasteiger partial charge in [0, 0.05) is 27.6 Å². The van der Waals surface area contributed by atoms with Gasteiger partial charge in [-0.2, -0.15) is 5.26 Å². The number of nitro benzene ring substituents is 1. The fourth-order valence-electron chi connectivity index (χ4n) is 2.42. The lowest BCUT2D eigenvalue weighted by Gasteiger charge is -2.06. The summed E-state index contributed by atoms with van der Waals surface area (Å²) in [5.74, 6) is 0. The van der Waals surface area contributed by atoms with Gasteiger partial charge >= 0.3 is 0 Å². The number of halogens is 1. The van der Waals surface area contributed by atoms with Crippen molar-refractivity contribution in [2.45, 2.75) is 0 Å². The molecule has 2 N–H and O–H groups in total. The summed E-state index contributed by atoms with van der Waals surface area (Å²) < 4.78 is 0. The summed E-state index contributed by atoms with van der Waals surface area (Å²) in [5.41, 5.74) is 8.62. The molecule has 0 saturated carbocycles. The van der Waals surface area contributed by atoms with E-state index >= 15 is 0 Å². The van der Waals surface area contributed by atoms with Gasteiger partial charge in [-0.3, -0.25) is 10.1 Å². The Balaban J connectivity index is 2.22. The van der Waals surface area contributed by atoms with Crippen LogP contribution in [0, 0.1) is 21.4 Å². The second kappa shape index (κ2) is 6.32. The van der Waals surface area contributed by atoms with Gasteiger partial charge in [0.1, 0.15) is 11.1 Å². The molecule has 1 heterocycles. The maximum atomic E-state index is 10.8. The number of non-ortho nitro benzene ring substituents is 1. The van der Waals surface area contributed by atoms with Gasteiger partial charge in [0.05, 0.1) is 10.5 Å². The van der Waals surface area contributed by atoms with E-state index in [0.29, 0.717) is 21.2 Å². The Morgan fingerprint density at radius 3 is 2.46 bits per heavy atom. The number of rotatable bonds is 3. The van der Waals surface area contributed by atoms with Crippen LogP contribution in [0.1, 0.15) is 5.56 Å². The van der Waals surface area contributed by atoms with Crippen molar-refractivity contribution in [3.8, 4) is 27.6 Å². The summed E-state index contributed by atoms with van der Waals surface area (Å²) in [4.78, 5) is 11.1. The highest BCUT2D eigenvalue weighted by Crippen LogP contribution is 2.45. The van der Waals surface area contributed by atoms with Gasteiger partial charge in [0.25, 0.3) is 5.69 Å². The summed E-state index contributed by atoms with van der Waals surface area (Å²) >= 11 is 7.34. The number of nitrogens with two attached hydrogens (primary N) is 1. The van der Waals surface area contributed by atoms with Crippen molar-refractivity contribution >= 4 is 33.6 Å². The maximum absolute atomic E-state index is 10.8. The Kier molecular flexibility index (Phi) is 4.21. The summed E-state index contributed by atoms with van der Waals surface area (Å²) in [5, 5.41) is 21.2. The monoisotopic (exact) mass is 355 g/mol. The smallest absolute Gasteiger partial charge is 0.269 e. The third-order valence-corrected chi connectivity index (χ3v) is 4.80. The number of hydrogen-bond donors (Lipinski definition) is 1. The fraction of sp³-hybridized carbons (Fsp3) is 0. The SMILES string of the molecule is N#Cc1c(N)sc(-c2ccc([N+](=O)[O-])cc2)c1-c1cccc(Cl)c1. The van der Waals surface area contributed by atoms with Crippen LogP contribution < -0.4 is 5.73 Å². The molecule has 0 aliphatic carbocycles. The first kappa shape index (κ1) is 16.0. The van der Waals surface area contributed by atoms with Crippen LogP contribution in [0.4, 0.5) is 10.7 Å². The molecule has 0 spiro atoms. The summed E-state index contributed by atoms with van der Waals surface area (Å²) in [6.07, 6.45) is 0. The van der Waals surface area contributed by atoms with Crippen molar-refractivity contribution in [2.75, 3.05) is 5.73 Å². The zero-order chi connectivity index (χ0) is 17.3. The van der Waals surface area contributed by atoms with Crippen molar-refractivity contribution in [2.24, 2.45) is 0 Å². The molecule has 3 rings (SSSR count). The van der Waals surface area contributed by atoms with Gasteiger partial charge < -0.3 is 5.73 Å². The number of thiophene rings is 1. The van der Waals surface area contributed by atoms with E-state index in [0.717, 1.165) is 16.0 Å². The van der Waals surface area contributed by atoms with Gasteiger partial charge in [-0.15, -0.1) is 11.3 Å². The Morgan fingerprint density at radius 1 is 1.17 bits per heavy atom. The number of anilines is 1. The van der Waals surface area contributed by atoms with E-state index in [-0.39, 0.29) is 5.69 Å². The number of nitrogens with zero attached hydrogens (tertiary/aromatic N) is 2. The molecular formula is C17H10ClN3O2S. The topological polar surface area (TPSA) is 93.0 Å². The summed E-state index contributed by atoms with van der Waals surface area (Å²) in [6, 6.07) is 15.5. The van der Waals surface area contributed by atoms with Gasteiger partial charge in [0.15, 0.2) is 0 Å². The van der Waals surface area contributed by atoms with Crippen LogP contribution in [0.2, 0.25) is 5.02 Å². The van der Waals surface area contributed by atoms with Crippen molar-refractivity contribution < 1.29 is 4.92 Å². The van der Waals surface area contributed by atoms with E-state index < -0.39 is 4.92 Å². The average molecular weight is 356 g/mol. The Hall–Kier alpha value is -2.88. The fourth-order valence-corrected chi connectivity index (χ4v) is 3.65. The number of hydrogen-bond acceptors (Lipinski definition) is 5. The molecule has 1 aromatic heterocycles. The minimum absolute atomic E-state index is 0.00749. The molecule has 0 unspecified atom stereocenters. The Morgan fingerprint density at radius 2 is 1.88 bits per heavy atom. The lowest BCUT2D eigenvalue weighted by Crippen LogP contribution is -1.88. The number of benzene rings is 2. The van der Waals surface area contributed by atoms with E-state index in [1.165, 1.54) is 23.5 Å². The molecule has 0 fully saturated rings. The molecule has 24 heavy (non-hydrogen) atoms. The molecule has 0 saturated heterocycles. The zero-order valence-corrected chi connectivity index (χ0v) is 13.8. The lowest BCUT2D eigenvalue weighted by molar-refractivity contribution is -0.384. The molecule has 118 valence electrons. The highest BCUT2D eigenvalue weighted by Gasteiger charge is 2.20. The van der Waals surface area contributed by atoms with Crippen LogP contribution in [0.3, 0.4) is 0 Å². The van der Waals surface area contributed by atoms with Crippen LogP contribution >= 0.6 is 22.9 Å². The van der Waals surface area contributed by atoms with E-state index in [1.807, 2.05) is 6.07 Å². The largest absolute Gasteiger partial charge is 0.389 e.